The summed E-state index contributed by atoms with van der Waals surface area (Å²) in [5, 5.41) is 14.8. The number of anilines is 2. The summed E-state index contributed by atoms with van der Waals surface area (Å²) in [7, 11) is 0. The van der Waals surface area contributed by atoms with E-state index in [0.29, 0.717) is 12.1 Å². The van der Waals surface area contributed by atoms with Gasteiger partial charge in [0.25, 0.3) is 0 Å². The summed E-state index contributed by atoms with van der Waals surface area (Å²) in [5.74, 6) is 1.53. The van der Waals surface area contributed by atoms with Gasteiger partial charge in [-0.25, -0.2) is 4.98 Å². The molecule has 1 unspecified atom stereocenters. The molecule has 0 radical (unpaired) electrons. The van der Waals surface area contributed by atoms with Crippen LogP contribution < -0.4 is 10.6 Å². The van der Waals surface area contributed by atoms with Gasteiger partial charge in [-0.2, -0.15) is 0 Å². The highest BCUT2D eigenvalue weighted by Crippen LogP contribution is 2.38. The van der Waals surface area contributed by atoms with Crippen molar-refractivity contribution >= 4 is 29.2 Å². The van der Waals surface area contributed by atoms with Gasteiger partial charge < -0.3 is 15.2 Å². The molecule has 2 aromatic heterocycles. The molecular formula is C26H27N7O. The highest BCUT2D eigenvalue weighted by Gasteiger charge is 2.30. The number of nitrogens with zero attached hydrogens (tertiary/aromatic N) is 5. The van der Waals surface area contributed by atoms with Gasteiger partial charge in [0, 0.05) is 41.7 Å². The molecule has 8 heteroatoms. The number of aromatic nitrogens is 4. The van der Waals surface area contributed by atoms with Crippen molar-refractivity contribution in [1.82, 2.24) is 19.7 Å². The molecule has 34 heavy (non-hydrogen) atoms. The number of amides is 1. The number of pyridine rings is 1. The van der Waals surface area contributed by atoms with Crippen LogP contribution in [0.25, 0.3) is 17.0 Å². The minimum atomic E-state index is -0.511. The zero-order chi connectivity index (χ0) is 23.1. The SMILES string of the molecule is CC1C(c2ccc(NC3CC3)nc2)=CC=N[C@@H]1C(=O)Nc1cccc(-c2nncn2C2CC2)c1. The van der Waals surface area contributed by atoms with E-state index in [0.717, 1.165) is 46.9 Å². The van der Waals surface area contributed by atoms with Crippen molar-refractivity contribution in [2.24, 2.45) is 10.9 Å². The number of nitrogens with one attached hydrogen (secondary N) is 2. The van der Waals surface area contributed by atoms with Crippen molar-refractivity contribution in [3.8, 4) is 11.4 Å². The molecule has 2 saturated carbocycles. The Kier molecular flexibility index (Phi) is 5.20. The van der Waals surface area contributed by atoms with Gasteiger partial charge in [0.05, 0.1) is 0 Å². The Morgan fingerprint density at radius 2 is 1.97 bits per heavy atom. The highest BCUT2D eigenvalue weighted by atomic mass is 16.2. The fraction of sp³-hybridized carbons (Fsp3) is 0.346. The predicted molar refractivity (Wildman–Crippen MR) is 133 cm³/mol. The van der Waals surface area contributed by atoms with Gasteiger partial charge in [-0.3, -0.25) is 9.79 Å². The van der Waals surface area contributed by atoms with Crippen LogP contribution in [0.5, 0.6) is 0 Å². The summed E-state index contributed by atoms with van der Waals surface area (Å²) in [5.41, 5.74) is 3.74. The number of hydrogen-bond donors (Lipinski definition) is 2. The van der Waals surface area contributed by atoms with Crippen LogP contribution in [0.15, 0.2) is 60.0 Å². The lowest BCUT2D eigenvalue weighted by Crippen LogP contribution is -2.34. The first-order chi connectivity index (χ1) is 16.7. The van der Waals surface area contributed by atoms with Crippen molar-refractivity contribution in [3.63, 3.8) is 0 Å². The van der Waals surface area contributed by atoms with Crippen LogP contribution in [0.2, 0.25) is 0 Å². The second kappa shape index (κ2) is 8.52. The maximum Gasteiger partial charge on any atom is 0.249 e. The van der Waals surface area contributed by atoms with Crippen LogP contribution in [0.4, 0.5) is 11.5 Å². The van der Waals surface area contributed by atoms with Gasteiger partial charge in [-0.1, -0.05) is 19.1 Å². The standard InChI is InChI=1S/C26H27N7O/c1-16-22(18-5-10-23(28-14-18)30-19-6-7-19)11-12-27-24(16)26(34)31-20-4-2-3-17(13-20)25-32-29-15-33(25)21-8-9-21/h2-5,10-16,19,21,24H,6-9H2,1H3,(H,28,30)(H,31,34)/t16?,24-/m0/s1. The smallest absolute Gasteiger partial charge is 0.249 e. The van der Waals surface area contributed by atoms with E-state index >= 15 is 0 Å². The van der Waals surface area contributed by atoms with Crippen LogP contribution in [0, 0.1) is 5.92 Å². The average molecular weight is 454 g/mol. The van der Waals surface area contributed by atoms with E-state index in [1.807, 2.05) is 49.5 Å². The van der Waals surface area contributed by atoms with E-state index < -0.39 is 6.04 Å². The Morgan fingerprint density at radius 3 is 2.74 bits per heavy atom. The number of dihydropyridines is 1. The summed E-state index contributed by atoms with van der Waals surface area (Å²) in [4.78, 5) is 22.3. The number of hydrogen-bond acceptors (Lipinski definition) is 6. The molecule has 0 spiro atoms. The molecule has 6 rings (SSSR count). The maximum atomic E-state index is 13.2. The Labute approximate surface area is 198 Å². The molecule has 3 aromatic rings. The number of allylic oxidation sites excluding steroid dienone is 1. The van der Waals surface area contributed by atoms with Crippen LogP contribution in [-0.2, 0) is 4.79 Å². The van der Waals surface area contributed by atoms with Crippen LogP contribution >= 0.6 is 0 Å². The highest BCUT2D eigenvalue weighted by molar-refractivity contribution is 6.00. The van der Waals surface area contributed by atoms with E-state index in [1.54, 1.807) is 12.5 Å². The Balaban J connectivity index is 1.16. The molecule has 3 aliphatic rings. The Hall–Kier alpha value is -3.81. The molecule has 1 aliphatic heterocycles. The van der Waals surface area contributed by atoms with E-state index in [2.05, 4.69) is 41.4 Å². The molecule has 2 aliphatic carbocycles. The number of carbonyl (C=O) groups is 1. The minimum Gasteiger partial charge on any atom is -0.367 e. The largest absolute Gasteiger partial charge is 0.367 e. The lowest BCUT2D eigenvalue weighted by Gasteiger charge is -2.25. The lowest BCUT2D eigenvalue weighted by molar-refractivity contribution is -0.117. The summed E-state index contributed by atoms with van der Waals surface area (Å²) >= 11 is 0. The van der Waals surface area contributed by atoms with Crippen LogP contribution in [0.1, 0.15) is 44.2 Å². The van der Waals surface area contributed by atoms with E-state index in [9.17, 15) is 4.79 Å². The molecule has 1 amide bonds. The lowest BCUT2D eigenvalue weighted by atomic mass is 9.86. The number of rotatable bonds is 7. The molecule has 0 saturated heterocycles. The van der Waals surface area contributed by atoms with Crippen molar-refractivity contribution in [1.29, 1.82) is 0 Å². The summed E-state index contributed by atoms with van der Waals surface area (Å²) in [6.07, 6.45) is 12.1. The Bertz CT molecular complexity index is 1270. The van der Waals surface area contributed by atoms with E-state index in [-0.39, 0.29) is 11.8 Å². The maximum absolute atomic E-state index is 13.2. The summed E-state index contributed by atoms with van der Waals surface area (Å²) in [6.45, 7) is 2.04. The van der Waals surface area contributed by atoms with Gasteiger partial charge in [-0.05, 0) is 67.2 Å². The van der Waals surface area contributed by atoms with Gasteiger partial charge in [0.2, 0.25) is 5.91 Å². The van der Waals surface area contributed by atoms with Crippen LogP contribution in [-0.4, -0.2) is 44.0 Å². The van der Waals surface area contributed by atoms with Gasteiger partial charge in [-0.15, -0.1) is 10.2 Å². The third-order valence-electron chi connectivity index (χ3n) is 6.66. The van der Waals surface area contributed by atoms with Crippen molar-refractivity contribution in [2.75, 3.05) is 10.6 Å². The third kappa shape index (κ3) is 4.23. The average Bonchev–Trinajstić information content (AvgIpc) is 3.80. The minimum absolute atomic E-state index is 0.0739. The predicted octanol–water partition coefficient (Wildman–Crippen LogP) is 4.36. The number of aliphatic imine (C=N–C) groups is 1. The first-order valence-electron chi connectivity index (χ1n) is 11.9. The molecule has 2 fully saturated rings. The number of benzene rings is 1. The molecule has 2 N–H and O–H groups in total. The zero-order valence-corrected chi connectivity index (χ0v) is 19.1. The molecule has 0 bridgehead atoms. The quantitative estimate of drug-likeness (QED) is 0.554. The topological polar surface area (TPSA) is 97.1 Å². The fourth-order valence-corrected chi connectivity index (χ4v) is 4.43. The molecule has 2 atom stereocenters. The van der Waals surface area contributed by atoms with Gasteiger partial charge >= 0.3 is 0 Å². The monoisotopic (exact) mass is 453 g/mol. The van der Waals surface area contributed by atoms with E-state index in [1.165, 1.54) is 12.8 Å². The van der Waals surface area contributed by atoms with Gasteiger partial charge in [0.15, 0.2) is 5.82 Å². The first kappa shape index (κ1) is 20.8. The molecule has 172 valence electrons. The van der Waals surface area contributed by atoms with Crippen LogP contribution in [0.3, 0.4) is 0 Å². The van der Waals surface area contributed by atoms with Crippen molar-refractivity contribution in [3.05, 3.63) is 60.6 Å². The molecule has 1 aromatic carbocycles. The zero-order valence-electron chi connectivity index (χ0n) is 19.1. The second-order valence-electron chi connectivity index (χ2n) is 9.37. The molecule has 3 heterocycles. The first-order valence-corrected chi connectivity index (χ1v) is 11.9. The van der Waals surface area contributed by atoms with E-state index in [4.69, 9.17) is 0 Å². The third-order valence-corrected chi connectivity index (χ3v) is 6.66. The summed E-state index contributed by atoms with van der Waals surface area (Å²) in [6, 6.07) is 12.4. The summed E-state index contributed by atoms with van der Waals surface area (Å²) < 4.78 is 2.12. The fourth-order valence-electron chi connectivity index (χ4n) is 4.43. The van der Waals surface area contributed by atoms with Crippen molar-refractivity contribution in [2.45, 2.75) is 50.7 Å². The van der Waals surface area contributed by atoms with Crippen molar-refractivity contribution < 1.29 is 4.79 Å². The normalized spacial score (nSPS) is 21.7. The van der Waals surface area contributed by atoms with Gasteiger partial charge in [0.1, 0.15) is 18.2 Å². The molecule has 8 nitrogen and oxygen atoms in total. The number of carbonyl (C=O) groups excluding carboxylic acids is 1. The second-order valence-corrected chi connectivity index (χ2v) is 9.37. The molecular weight excluding hydrogens is 426 g/mol. The Morgan fingerprint density at radius 1 is 1.09 bits per heavy atom.